The molecule has 0 aliphatic carbocycles. The molecule has 7 nitrogen and oxygen atoms in total. The van der Waals surface area contributed by atoms with Gasteiger partial charge in [0.2, 0.25) is 0 Å². The van der Waals surface area contributed by atoms with Gasteiger partial charge in [-0.25, -0.2) is 14.6 Å². The number of hydrogen-bond donors (Lipinski definition) is 2. The molecule has 0 aliphatic rings. The SMILES string of the molecule is COc1ccc(-c2nn(CC(O)c3ccccc3)c3ncnc(N)c23)cc1. The monoisotopic (exact) mass is 361 g/mol. The van der Waals surface area contributed by atoms with Gasteiger partial charge in [0.25, 0.3) is 0 Å². The summed E-state index contributed by atoms with van der Waals surface area (Å²) < 4.78 is 6.89. The molecule has 0 saturated heterocycles. The van der Waals surface area contributed by atoms with E-state index in [4.69, 9.17) is 10.5 Å². The maximum atomic E-state index is 10.6. The molecule has 7 heteroatoms. The molecule has 2 aromatic carbocycles. The summed E-state index contributed by atoms with van der Waals surface area (Å²) in [7, 11) is 1.62. The van der Waals surface area contributed by atoms with E-state index in [0.29, 0.717) is 22.5 Å². The summed E-state index contributed by atoms with van der Waals surface area (Å²) in [6.45, 7) is 0.257. The van der Waals surface area contributed by atoms with Crippen molar-refractivity contribution in [1.82, 2.24) is 19.7 Å². The number of ether oxygens (including phenoxy) is 1. The van der Waals surface area contributed by atoms with Crippen LogP contribution in [0, 0.1) is 0 Å². The van der Waals surface area contributed by atoms with Crippen LogP contribution in [0.25, 0.3) is 22.3 Å². The fraction of sp³-hybridized carbons (Fsp3) is 0.150. The average molecular weight is 361 g/mol. The molecule has 3 N–H and O–H groups in total. The van der Waals surface area contributed by atoms with Gasteiger partial charge in [-0.2, -0.15) is 5.10 Å². The molecule has 1 atom stereocenters. The molecule has 0 fully saturated rings. The molecule has 4 aromatic rings. The zero-order valence-corrected chi connectivity index (χ0v) is 14.8. The zero-order valence-electron chi connectivity index (χ0n) is 14.8. The van der Waals surface area contributed by atoms with Gasteiger partial charge < -0.3 is 15.6 Å². The number of nitrogens with two attached hydrogens (primary N) is 1. The highest BCUT2D eigenvalue weighted by atomic mass is 16.5. The van der Waals surface area contributed by atoms with E-state index in [1.807, 2.05) is 54.6 Å². The average Bonchev–Trinajstić information content (AvgIpc) is 3.08. The van der Waals surface area contributed by atoms with Crippen LogP contribution in [0.2, 0.25) is 0 Å². The van der Waals surface area contributed by atoms with Crippen LogP contribution in [0.4, 0.5) is 5.82 Å². The van der Waals surface area contributed by atoms with E-state index < -0.39 is 6.10 Å². The van der Waals surface area contributed by atoms with Gasteiger partial charge in [0.05, 0.1) is 25.1 Å². The highest BCUT2D eigenvalue weighted by molar-refractivity contribution is 5.98. The van der Waals surface area contributed by atoms with Crippen molar-refractivity contribution in [2.24, 2.45) is 0 Å². The van der Waals surface area contributed by atoms with Gasteiger partial charge in [0.1, 0.15) is 23.6 Å². The molecule has 1 unspecified atom stereocenters. The maximum Gasteiger partial charge on any atom is 0.164 e. The zero-order chi connectivity index (χ0) is 18.8. The third-order valence-corrected chi connectivity index (χ3v) is 4.45. The molecule has 4 rings (SSSR count). The highest BCUT2D eigenvalue weighted by Crippen LogP contribution is 2.31. The smallest absolute Gasteiger partial charge is 0.164 e. The quantitative estimate of drug-likeness (QED) is 0.567. The lowest BCUT2D eigenvalue weighted by Crippen LogP contribution is -2.10. The van der Waals surface area contributed by atoms with Crippen molar-refractivity contribution in [1.29, 1.82) is 0 Å². The molecule has 136 valence electrons. The molecule has 0 bridgehead atoms. The van der Waals surface area contributed by atoms with Crippen LogP contribution in [-0.4, -0.2) is 32.0 Å². The first-order valence-corrected chi connectivity index (χ1v) is 8.52. The van der Waals surface area contributed by atoms with Crippen molar-refractivity contribution in [3.05, 3.63) is 66.5 Å². The summed E-state index contributed by atoms with van der Waals surface area (Å²) >= 11 is 0. The summed E-state index contributed by atoms with van der Waals surface area (Å²) in [5.41, 5.74) is 9.06. The second kappa shape index (κ2) is 7.05. The Morgan fingerprint density at radius 2 is 1.81 bits per heavy atom. The van der Waals surface area contributed by atoms with Crippen LogP contribution in [-0.2, 0) is 6.54 Å². The summed E-state index contributed by atoms with van der Waals surface area (Å²) in [4.78, 5) is 8.45. The molecule has 0 aliphatic heterocycles. The topological polar surface area (TPSA) is 99.1 Å². The maximum absolute atomic E-state index is 10.6. The van der Waals surface area contributed by atoms with E-state index in [1.165, 1.54) is 6.33 Å². The third-order valence-electron chi connectivity index (χ3n) is 4.45. The molecule has 0 amide bonds. The molecular weight excluding hydrogens is 342 g/mol. The normalized spacial score (nSPS) is 12.2. The Kier molecular flexibility index (Phi) is 4.43. The van der Waals surface area contributed by atoms with Crippen molar-refractivity contribution in [3.8, 4) is 17.0 Å². The van der Waals surface area contributed by atoms with Crippen LogP contribution in [0.3, 0.4) is 0 Å². The molecule has 0 radical (unpaired) electrons. The number of hydrogen-bond acceptors (Lipinski definition) is 6. The van der Waals surface area contributed by atoms with Crippen LogP contribution < -0.4 is 10.5 Å². The van der Waals surface area contributed by atoms with E-state index in [9.17, 15) is 5.11 Å². The van der Waals surface area contributed by atoms with Gasteiger partial charge >= 0.3 is 0 Å². The number of anilines is 1. The lowest BCUT2D eigenvalue weighted by Gasteiger charge is -2.11. The number of aliphatic hydroxyl groups excluding tert-OH is 1. The van der Waals surface area contributed by atoms with Gasteiger partial charge in [-0.3, -0.25) is 0 Å². The Balaban J connectivity index is 1.79. The van der Waals surface area contributed by atoms with Gasteiger partial charge in [0.15, 0.2) is 5.65 Å². The van der Waals surface area contributed by atoms with E-state index in [-0.39, 0.29) is 6.54 Å². The van der Waals surface area contributed by atoms with Gasteiger partial charge in [0, 0.05) is 5.56 Å². The minimum absolute atomic E-state index is 0.257. The van der Waals surface area contributed by atoms with E-state index >= 15 is 0 Å². The largest absolute Gasteiger partial charge is 0.497 e. The summed E-state index contributed by atoms with van der Waals surface area (Å²) in [5, 5.41) is 15.9. The summed E-state index contributed by atoms with van der Waals surface area (Å²) in [5.74, 6) is 1.11. The number of fused-ring (bicyclic) bond motifs is 1. The lowest BCUT2D eigenvalue weighted by molar-refractivity contribution is 0.153. The lowest BCUT2D eigenvalue weighted by atomic mass is 10.1. The van der Waals surface area contributed by atoms with Crippen molar-refractivity contribution in [2.75, 3.05) is 12.8 Å². The van der Waals surface area contributed by atoms with Crippen molar-refractivity contribution < 1.29 is 9.84 Å². The summed E-state index contributed by atoms with van der Waals surface area (Å²) in [6, 6.07) is 17.0. The van der Waals surface area contributed by atoms with Crippen molar-refractivity contribution in [2.45, 2.75) is 12.6 Å². The number of nitrogens with zero attached hydrogens (tertiary/aromatic N) is 4. The van der Waals surface area contributed by atoms with Gasteiger partial charge in [-0.05, 0) is 29.8 Å². The van der Waals surface area contributed by atoms with E-state index in [1.54, 1.807) is 11.8 Å². The second-order valence-corrected chi connectivity index (χ2v) is 6.14. The first-order valence-electron chi connectivity index (χ1n) is 8.52. The minimum Gasteiger partial charge on any atom is -0.497 e. The van der Waals surface area contributed by atoms with Crippen LogP contribution in [0.15, 0.2) is 60.9 Å². The first kappa shape index (κ1) is 17.0. The fourth-order valence-electron chi connectivity index (χ4n) is 3.05. The number of methoxy groups -OCH3 is 1. The van der Waals surface area contributed by atoms with E-state index in [2.05, 4.69) is 15.1 Å². The Bertz CT molecular complexity index is 1060. The highest BCUT2D eigenvalue weighted by Gasteiger charge is 2.19. The molecule has 27 heavy (non-hydrogen) atoms. The van der Waals surface area contributed by atoms with Crippen molar-refractivity contribution in [3.63, 3.8) is 0 Å². The minimum atomic E-state index is -0.714. The number of benzene rings is 2. The molecular formula is C20H19N5O2. The Morgan fingerprint density at radius 1 is 1.07 bits per heavy atom. The van der Waals surface area contributed by atoms with Gasteiger partial charge in [-0.1, -0.05) is 30.3 Å². The van der Waals surface area contributed by atoms with Crippen LogP contribution in [0.5, 0.6) is 5.75 Å². The number of rotatable bonds is 5. The fourth-order valence-corrected chi connectivity index (χ4v) is 3.05. The first-order chi connectivity index (χ1) is 13.2. The van der Waals surface area contributed by atoms with Gasteiger partial charge in [-0.15, -0.1) is 0 Å². The predicted octanol–water partition coefficient (Wildman–Crippen LogP) is 2.82. The standard InChI is InChI=1S/C20H19N5O2/c1-27-15-9-7-14(8-10-15)18-17-19(21)22-12-23-20(17)25(24-18)11-16(26)13-5-3-2-4-6-13/h2-10,12,16,26H,11H2,1H3,(H2,21,22,23). The second-order valence-electron chi connectivity index (χ2n) is 6.14. The number of aromatic nitrogens is 4. The van der Waals surface area contributed by atoms with Crippen molar-refractivity contribution >= 4 is 16.9 Å². The predicted molar refractivity (Wildman–Crippen MR) is 103 cm³/mol. The Hall–Kier alpha value is -3.45. The number of aliphatic hydroxyl groups is 1. The Morgan fingerprint density at radius 3 is 2.52 bits per heavy atom. The number of nitrogen functional groups attached to an aromatic ring is 1. The van der Waals surface area contributed by atoms with Crippen LogP contribution in [0.1, 0.15) is 11.7 Å². The van der Waals surface area contributed by atoms with E-state index in [0.717, 1.165) is 16.9 Å². The Labute approximate surface area is 156 Å². The van der Waals surface area contributed by atoms with Crippen LogP contribution >= 0.6 is 0 Å². The molecule has 2 aromatic heterocycles. The summed E-state index contributed by atoms with van der Waals surface area (Å²) in [6.07, 6.45) is 0.692. The molecule has 0 saturated carbocycles. The molecule has 2 heterocycles. The third kappa shape index (κ3) is 3.20. The molecule has 0 spiro atoms.